The third-order valence-electron chi connectivity index (χ3n) is 3.99. The van der Waals surface area contributed by atoms with Gasteiger partial charge in [-0.25, -0.2) is 8.78 Å². The molecule has 2 atom stereocenters. The van der Waals surface area contributed by atoms with Gasteiger partial charge in [0.25, 0.3) is 0 Å². The van der Waals surface area contributed by atoms with Gasteiger partial charge in [0, 0.05) is 24.7 Å². The van der Waals surface area contributed by atoms with Crippen molar-refractivity contribution in [3.05, 3.63) is 35.4 Å². The zero-order valence-electron chi connectivity index (χ0n) is 11.4. The van der Waals surface area contributed by atoms with Gasteiger partial charge in [-0.3, -0.25) is 0 Å². The van der Waals surface area contributed by atoms with E-state index in [0.29, 0.717) is 12.5 Å². The normalized spacial score (nSPS) is 22.4. The third kappa shape index (κ3) is 3.74. The van der Waals surface area contributed by atoms with Crippen LogP contribution < -0.4 is 5.73 Å². The van der Waals surface area contributed by atoms with Gasteiger partial charge >= 0.3 is 0 Å². The first-order chi connectivity index (χ1) is 9.10. The molecule has 1 saturated heterocycles. The number of nitrogens with zero attached hydrogens (tertiary/aromatic N) is 1. The maximum atomic E-state index is 13.7. The van der Waals surface area contributed by atoms with E-state index in [0.717, 1.165) is 31.6 Å². The van der Waals surface area contributed by atoms with Crippen molar-refractivity contribution >= 4 is 0 Å². The van der Waals surface area contributed by atoms with Crippen LogP contribution in [0.2, 0.25) is 0 Å². The Labute approximate surface area is 113 Å². The summed E-state index contributed by atoms with van der Waals surface area (Å²) in [6.07, 6.45) is 3.59. The van der Waals surface area contributed by atoms with Crippen molar-refractivity contribution < 1.29 is 8.78 Å². The maximum absolute atomic E-state index is 13.7. The fourth-order valence-corrected chi connectivity index (χ4v) is 2.83. The summed E-state index contributed by atoms with van der Waals surface area (Å²) in [5.74, 6) is -0.145. The minimum Gasteiger partial charge on any atom is -0.323 e. The van der Waals surface area contributed by atoms with E-state index in [2.05, 4.69) is 11.8 Å². The minimum atomic E-state index is -0.466. The van der Waals surface area contributed by atoms with Gasteiger partial charge in [-0.05, 0) is 43.5 Å². The molecule has 1 aromatic carbocycles. The summed E-state index contributed by atoms with van der Waals surface area (Å²) in [7, 11) is 0. The quantitative estimate of drug-likeness (QED) is 0.909. The van der Waals surface area contributed by atoms with Crippen LogP contribution >= 0.6 is 0 Å². The number of hydrogen-bond acceptors (Lipinski definition) is 2. The van der Waals surface area contributed by atoms with Gasteiger partial charge in [0.1, 0.15) is 11.6 Å². The van der Waals surface area contributed by atoms with Crippen LogP contribution in [0.4, 0.5) is 8.78 Å². The molecule has 0 spiro atoms. The van der Waals surface area contributed by atoms with E-state index in [9.17, 15) is 8.78 Å². The van der Waals surface area contributed by atoms with Crippen molar-refractivity contribution in [3.63, 3.8) is 0 Å². The molecule has 0 aliphatic carbocycles. The molecule has 2 nitrogen and oxygen atoms in total. The number of rotatable bonds is 4. The highest BCUT2D eigenvalue weighted by atomic mass is 19.1. The highest BCUT2D eigenvalue weighted by Gasteiger charge is 2.22. The van der Waals surface area contributed by atoms with E-state index in [1.807, 2.05) is 0 Å². The van der Waals surface area contributed by atoms with E-state index in [-0.39, 0.29) is 5.56 Å². The Kier molecular flexibility index (Phi) is 4.88. The second-order valence-electron chi connectivity index (χ2n) is 5.45. The fraction of sp³-hybridized carbons (Fsp3) is 0.600. The molecule has 0 radical (unpaired) electrons. The molecule has 0 amide bonds. The Morgan fingerprint density at radius 1 is 1.42 bits per heavy atom. The van der Waals surface area contributed by atoms with Crippen LogP contribution in [-0.2, 0) is 0 Å². The smallest absolute Gasteiger partial charge is 0.128 e. The first kappa shape index (κ1) is 14.4. The van der Waals surface area contributed by atoms with Crippen molar-refractivity contribution in [1.29, 1.82) is 0 Å². The van der Waals surface area contributed by atoms with Crippen molar-refractivity contribution in [2.24, 2.45) is 11.7 Å². The zero-order chi connectivity index (χ0) is 13.8. The lowest BCUT2D eigenvalue weighted by molar-refractivity contribution is 0.162. The van der Waals surface area contributed by atoms with Crippen LogP contribution in [0.5, 0.6) is 0 Å². The maximum Gasteiger partial charge on any atom is 0.128 e. The first-order valence-corrected chi connectivity index (χ1v) is 7.03. The first-order valence-electron chi connectivity index (χ1n) is 7.03. The summed E-state index contributed by atoms with van der Waals surface area (Å²) in [6, 6.07) is 3.02. The molecular formula is C15H22F2N2. The number of benzene rings is 1. The van der Waals surface area contributed by atoms with Gasteiger partial charge in [-0.1, -0.05) is 13.3 Å². The molecule has 0 aromatic heterocycles. The molecule has 2 N–H and O–H groups in total. The van der Waals surface area contributed by atoms with Crippen LogP contribution in [0, 0.1) is 17.6 Å². The van der Waals surface area contributed by atoms with Crippen molar-refractivity contribution in [2.45, 2.75) is 32.2 Å². The molecule has 19 heavy (non-hydrogen) atoms. The van der Waals surface area contributed by atoms with E-state index in [4.69, 9.17) is 5.73 Å². The Morgan fingerprint density at radius 2 is 2.21 bits per heavy atom. The minimum absolute atomic E-state index is 0.277. The largest absolute Gasteiger partial charge is 0.323 e. The molecule has 0 saturated carbocycles. The highest BCUT2D eigenvalue weighted by molar-refractivity contribution is 5.22. The van der Waals surface area contributed by atoms with Gasteiger partial charge in [0.05, 0.1) is 0 Å². The van der Waals surface area contributed by atoms with E-state index in [1.165, 1.54) is 18.9 Å². The summed E-state index contributed by atoms with van der Waals surface area (Å²) in [6.45, 7) is 4.81. The van der Waals surface area contributed by atoms with E-state index >= 15 is 0 Å². The van der Waals surface area contributed by atoms with Gasteiger partial charge in [-0.2, -0.15) is 0 Å². The van der Waals surface area contributed by atoms with Crippen LogP contribution in [0.3, 0.4) is 0 Å². The molecule has 2 rings (SSSR count). The third-order valence-corrected chi connectivity index (χ3v) is 3.99. The molecule has 106 valence electrons. The van der Waals surface area contributed by atoms with Gasteiger partial charge in [0.15, 0.2) is 0 Å². The Hall–Kier alpha value is -1.00. The van der Waals surface area contributed by atoms with Gasteiger partial charge in [0.2, 0.25) is 0 Å². The summed E-state index contributed by atoms with van der Waals surface area (Å²) in [5.41, 5.74) is 6.31. The average molecular weight is 268 g/mol. The molecule has 1 fully saturated rings. The molecule has 1 aliphatic heterocycles. The Balaban J connectivity index is 2.00. The lowest BCUT2D eigenvalue weighted by atomic mass is 9.95. The van der Waals surface area contributed by atoms with Crippen LogP contribution in [0.1, 0.15) is 37.8 Å². The van der Waals surface area contributed by atoms with Crippen molar-refractivity contribution in [2.75, 3.05) is 19.6 Å². The molecule has 2 unspecified atom stereocenters. The molecule has 1 aromatic rings. The SMILES string of the molecule is CCC1CCCN(CC(N)c2cc(F)ccc2F)C1. The predicted molar refractivity (Wildman–Crippen MR) is 72.7 cm³/mol. The topological polar surface area (TPSA) is 29.3 Å². The number of nitrogens with two attached hydrogens (primary N) is 1. The number of piperidine rings is 1. The second-order valence-corrected chi connectivity index (χ2v) is 5.45. The molecule has 1 heterocycles. The average Bonchev–Trinajstić information content (AvgIpc) is 2.41. The number of halogens is 2. The van der Waals surface area contributed by atoms with Gasteiger partial charge < -0.3 is 10.6 Å². The molecule has 1 aliphatic rings. The Bertz CT molecular complexity index is 423. The fourth-order valence-electron chi connectivity index (χ4n) is 2.83. The van der Waals surface area contributed by atoms with Gasteiger partial charge in [-0.15, -0.1) is 0 Å². The lowest BCUT2D eigenvalue weighted by Gasteiger charge is -2.34. The zero-order valence-corrected chi connectivity index (χ0v) is 11.4. The van der Waals surface area contributed by atoms with E-state index in [1.54, 1.807) is 0 Å². The van der Waals surface area contributed by atoms with Crippen LogP contribution in [0.15, 0.2) is 18.2 Å². The van der Waals surface area contributed by atoms with Crippen molar-refractivity contribution in [3.8, 4) is 0 Å². The Morgan fingerprint density at radius 3 is 2.95 bits per heavy atom. The molecule has 0 bridgehead atoms. The second kappa shape index (κ2) is 6.44. The van der Waals surface area contributed by atoms with Crippen LogP contribution in [0.25, 0.3) is 0 Å². The van der Waals surface area contributed by atoms with Crippen molar-refractivity contribution in [1.82, 2.24) is 4.90 Å². The highest BCUT2D eigenvalue weighted by Crippen LogP contribution is 2.22. The predicted octanol–water partition coefficient (Wildman–Crippen LogP) is 3.09. The molecular weight excluding hydrogens is 246 g/mol. The monoisotopic (exact) mass is 268 g/mol. The summed E-state index contributed by atoms with van der Waals surface area (Å²) < 4.78 is 26.8. The van der Waals surface area contributed by atoms with Crippen LogP contribution in [-0.4, -0.2) is 24.5 Å². The summed E-state index contributed by atoms with van der Waals surface area (Å²) >= 11 is 0. The molecule has 4 heteroatoms. The number of hydrogen-bond donors (Lipinski definition) is 1. The standard InChI is InChI=1S/C15H22F2N2/c1-2-11-4-3-7-19(9-11)10-15(18)13-8-12(16)5-6-14(13)17/h5-6,8,11,15H,2-4,7,9-10,18H2,1H3. The van der Waals surface area contributed by atoms with E-state index < -0.39 is 17.7 Å². The number of likely N-dealkylation sites (tertiary alicyclic amines) is 1. The lowest BCUT2D eigenvalue weighted by Crippen LogP contribution is -2.39. The summed E-state index contributed by atoms with van der Waals surface area (Å²) in [4.78, 5) is 2.27. The summed E-state index contributed by atoms with van der Waals surface area (Å²) in [5, 5.41) is 0.